The molecule has 0 bridgehead atoms. The lowest BCUT2D eigenvalue weighted by atomic mass is 10.1. The number of hydrogen-bond acceptors (Lipinski definition) is 6. The molecule has 0 saturated carbocycles. The number of rotatable bonds is 7. The number of oxime groups is 1. The van der Waals surface area contributed by atoms with E-state index in [4.69, 9.17) is 14.8 Å². The largest absolute Gasteiger partial charge is 0.391 e. The van der Waals surface area contributed by atoms with Crippen molar-refractivity contribution in [3.05, 3.63) is 46.0 Å². The Morgan fingerprint density at radius 2 is 1.43 bits per heavy atom. The first-order valence-corrected chi connectivity index (χ1v) is 13.4. The summed E-state index contributed by atoms with van der Waals surface area (Å²) in [5.41, 5.74) is 10.9. The van der Waals surface area contributed by atoms with Gasteiger partial charge in [0.2, 0.25) is 0 Å². The molecular weight excluding hydrogens is 434 g/mol. The van der Waals surface area contributed by atoms with Crippen LogP contribution in [-0.2, 0) is 17.7 Å². The number of fused-ring (bicyclic) bond motifs is 2. The van der Waals surface area contributed by atoms with Crippen LogP contribution in [0.25, 0.3) is 0 Å². The van der Waals surface area contributed by atoms with Crippen LogP contribution in [0.1, 0.15) is 79.9 Å². The van der Waals surface area contributed by atoms with E-state index in [1.165, 1.54) is 59.6 Å². The second-order valence-electron chi connectivity index (χ2n) is 10.6. The average Bonchev–Trinajstić information content (AvgIpc) is 3.13. The van der Waals surface area contributed by atoms with Crippen LogP contribution in [0.5, 0.6) is 0 Å². The monoisotopic (exact) mass is 477 g/mol. The van der Waals surface area contributed by atoms with Crippen LogP contribution in [0.15, 0.2) is 17.3 Å². The van der Waals surface area contributed by atoms with Crippen molar-refractivity contribution in [2.24, 2.45) is 5.16 Å². The Morgan fingerprint density at radius 3 is 2.03 bits per heavy atom. The Balaban J connectivity index is 1.35. The number of anilines is 2. The lowest BCUT2D eigenvalue weighted by Crippen LogP contribution is -2.33. The predicted octanol–water partition coefficient (Wildman–Crippen LogP) is 5.87. The summed E-state index contributed by atoms with van der Waals surface area (Å²) in [7, 11) is 0. The zero-order valence-electron chi connectivity index (χ0n) is 22.7. The SMILES string of the molecule is C/C(CCN1CCCCc2nc(C)c(C)cc21)=N\O[C@@H](C)CN1CCCCc2nc(C)c(C)cc21. The van der Waals surface area contributed by atoms with Gasteiger partial charge in [-0.3, -0.25) is 9.97 Å². The number of aryl methyl sites for hydroxylation is 6. The molecule has 0 aliphatic carbocycles. The van der Waals surface area contributed by atoms with Crippen LogP contribution in [0.3, 0.4) is 0 Å². The second-order valence-corrected chi connectivity index (χ2v) is 10.6. The molecule has 0 spiro atoms. The summed E-state index contributed by atoms with van der Waals surface area (Å²) in [6.07, 6.45) is 7.86. The molecular formula is C29H43N5O. The van der Waals surface area contributed by atoms with Gasteiger partial charge in [0.25, 0.3) is 0 Å². The lowest BCUT2D eigenvalue weighted by Gasteiger charge is -2.27. The van der Waals surface area contributed by atoms with E-state index in [1.807, 2.05) is 0 Å². The Bertz CT molecular complexity index is 1060. The molecule has 4 heterocycles. The molecule has 0 amide bonds. The van der Waals surface area contributed by atoms with Crippen molar-refractivity contribution in [1.29, 1.82) is 0 Å². The van der Waals surface area contributed by atoms with Crippen LogP contribution in [0, 0.1) is 27.7 Å². The fourth-order valence-corrected chi connectivity index (χ4v) is 5.12. The summed E-state index contributed by atoms with van der Waals surface area (Å²) in [6.45, 7) is 16.7. The Hall–Kier alpha value is -2.63. The van der Waals surface area contributed by atoms with E-state index in [0.29, 0.717) is 0 Å². The standard InChI is InChI=1S/C29H43N5O/c1-20-17-28-26(30-24(20)5)11-7-9-14-33(28)16-13-22(3)32-35-23(4)19-34-15-10-8-12-27-29(34)18-21(2)25(6)31-27/h17-18,23H,7-16,19H2,1-6H3/b32-22+/t23-/m0/s1. The Morgan fingerprint density at radius 1 is 0.886 bits per heavy atom. The van der Waals surface area contributed by atoms with Crippen LogP contribution < -0.4 is 9.80 Å². The van der Waals surface area contributed by atoms with Gasteiger partial charge in [0.15, 0.2) is 0 Å². The third-order valence-corrected chi connectivity index (χ3v) is 7.52. The van der Waals surface area contributed by atoms with Gasteiger partial charge in [0.1, 0.15) is 6.10 Å². The topological polar surface area (TPSA) is 53.9 Å². The van der Waals surface area contributed by atoms with Crippen LogP contribution in [0.2, 0.25) is 0 Å². The fourth-order valence-electron chi connectivity index (χ4n) is 5.12. The van der Waals surface area contributed by atoms with Crippen molar-refractivity contribution in [2.45, 2.75) is 92.6 Å². The first-order chi connectivity index (χ1) is 16.8. The van der Waals surface area contributed by atoms with Gasteiger partial charge < -0.3 is 14.6 Å². The summed E-state index contributed by atoms with van der Waals surface area (Å²) >= 11 is 0. The van der Waals surface area contributed by atoms with E-state index < -0.39 is 0 Å². The average molecular weight is 478 g/mol. The minimum absolute atomic E-state index is 0.0197. The van der Waals surface area contributed by atoms with Crippen molar-refractivity contribution in [2.75, 3.05) is 36.0 Å². The summed E-state index contributed by atoms with van der Waals surface area (Å²) in [5, 5.41) is 4.53. The maximum Gasteiger partial charge on any atom is 0.142 e. The molecule has 2 aliphatic heterocycles. The lowest BCUT2D eigenvalue weighted by molar-refractivity contribution is 0.0764. The van der Waals surface area contributed by atoms with Crippen LogP contribution >= 0.6 is 0 Å². The molecule has 0 N–H and O–H groups in total. The third-order valence-electron chi connectivity index (χ3n) is 7.52. The van der Waals surface area contributed by atoms with E-state index in [9.17, 15) is 0 Å². The van der Waals surface area contributed by atoms with E-state index in [2.05, 4.69) is 68.6 Å². The highest BCUT2D eigenvalue weighted by Crippen LogP contribution is 2.28. The molecule has 2 aromatic heterocycles. The molecule has 35 heavy (non-hydrogen) atoms. The molecule has 6 heteroatoms. The van der Waals surface area contributed by atoms with Gasteiger partial charge in [-0.05, 0) is 103 Å². The third kappa shape index (κ3) is 6.33. The quantitative estimate of drug-likeness (QED) is 0.369. The first-order valence-electron chi connectivity index (χ1n) is 13.4. The molecule has 190 valence electrons. The molecule has 0 radical (unpaired) electrons. The summed E-state index contributed by atoms with van der Waals surface area (Å²) in [5.74, 6) is 0. The van der Waals surface area contributed by atoms with Crippen LogP contribution in [-0.4, -0.2) is 48.0 Å². The van der Waals surface area contributed by atoms with Gasteiger partial charge in [0.05, 0.1) is 35.0 Å². The first kappa shape index (κ1) is 25.5. The Kier molecular flexibility index (Phi) is 8.30. The van der Waals surface area contributed by atoms with Crippen molar-refractivity contribution >= 4 is 17.1 Å². The number of nitrogens with zero attached hydrogens (tertiary/aromatic N) is 5. The highest BCUT2D eigenvalue weighted by Gasteiger charge is 2.21. The molecule has 4 rings (SSSR count). The van der Waals surface area contributed by atoms with Crippen molar-refractivity contribution in [3.8, 4) is 0 Å². The number of aromatic nitrogens is 2. The normalized spacial score (nSPS) is 17.4. The predicted molar refractivity (Wildman–Crippen MR) is 146 cm³/mol. The molecule has 1 atom stereocenters. The highest BCUT2D eigenvalue weighted by atomic mass is 16.6. The zero-order chi connectivity index (χ0) is 24.9. The maximum atomic E-state index is 5.98. The molecule has 2 aromatic rings. The number of hydrogen-bond donors (Lipinski definition) is 0. The summed E-state index contributed by atoms with van der Waals surface area (Å²) < 4.78 is 0. The van der Waals surface area contributed by atoms with Gasteiger partial charge in [-0.25, -0.2) is 0 Å². The van der Waals surface area contributed by atoms with E-state index in [0.717, 1.165) is 62.5 Å². The van der Waals surface area contributed by atoms with Gasteiger partial charge in [0, 0.05) is 37.4 Å². The van der Waals surface area contributed by atoms with Crippen LogP contribution in [0.4, 0.5) is 11.4 Å². The van der Waals surface area contributed by atoms with Gasteiger partial charge in [-0.1, -0.05) is 5.16 Å². The zero-order valence-corrected chi connectivity index (χ0v) is 22.7. The van der Waals surface area contributed by atoms with E-state index in [1.54, 1.807) is 0 Å². The molecule has 0 aromatic carbocycles. The molecule has 0 saturated heterocycles. The molecule has 0 fully saturated rings. The van der Waals surface area contributed by atoms with Crippen molar-refractivity contribution < 1.29 is 4.84 Å². The minimum atomic E-state index is 0.0197. The summed E-state index contributed by atoms with van der Waals surface area (Å²) in [6, 6.07) is 4.63. The van der Waals surface area contributed by atoms with Crippen molar-refractivity contribution in [1.82, 2.24) is 9.97 Å². The van der Waals surface area contributed by atoms with E-state index >= 15 is 0 Å². The maximum absolute atomic E-state index is 5.98. The molecule has 6 nitrogen and oxygen atoms in total. The van der Waals surface area contributed by atoms with E-state index in [-0.39, 0.29) is 6.10 Å². The van der Waals surface area contributed by atoms with Gasteiger partial charge in [-0.2, -0.15) is 0 Å². The van der Waals surface area contributed by atoms with Gasteiger partial charge in [-0.15, -0.1) is 0 Å². The highest BCUT2D eigenvalue weighted by molar-refractivity contribution is 5.82. The molecule has 2 aliphatic rings. The Labute approximate surface area is 211 Å². The van der Waals surface area contributed by atoms with Gasteiger partial charge >= 0.3 is 0 Å². The summed E-state index contributed by atoms with van der Waals surface area (Å²) in [4.78, 5) is 20.7. The number of pyridine rings is 2. The molecule has 0 unspecified atom stereocenters. The van der Waals surface area contributed by atoms with Crippen molar-refractivity contribution in [3.63, 3.8) is 0 Å². The second kappa shape index (κ2) is 11.4. The fraction of sp³-hybridized carbons (Fsp3) is 0.621. The smallest absolute Gasteiger partial charge is 0.142 e. The minimum Gasteiger partial charge on any atom is -0.391 e.